The second-order valence-corrected chi connectivity index (χ2v) is 2.64. The number of hydrogen-bond acceptors (Lipinski definition) is 3. The van der Waals surface area contributed by atoms with Crippen molar-refractivity contribution >= 4 is 0 Å². The number of nitrogens with zero attached hydrogens (tertiary/aromatic N) is 1. The van der Waals surface area contributed by atoms with Crippen LogP contribution in [0.15, 0.2) is 6.20 Å². The van der Waals surface area contributed by atoms with Crippen molar-refractivity contribution in [2.45, 2.75) is 19.9 Å². The highest BCUT2D eigenvalue weighted by atomic mass is 19.3. The summed E-state index contributed by atoms with van der Waals surface area (Å²) in [5.74, 6) is -0.107. The summed E-state index contributed by atoms with van der Waals surface area (Å²) in [5, 5.41) is 9.17. The number of alkyl halides is 2. The molecule has 0 saturated carbocycles. The monoisotopic (exact) mass is 188 g/mol. The molecule has 13 heavy (non-hydrogen) atoms. The van der Waals surface area contributed by atoms with Crippen LogP contribution in [0.5, 0.6) is 5.75 Å². The average Bonchev–Trinajstić information content (AvgIpc) is 2.09. The fourth-order valence-electron chi connectivity index (χ4n) is 1.10. The molecule has 0 atom stereocenters. The van der Waals surface area contributed by atoms with Gasteiger partial charge >= 0.3 is 0 Å². The number of hydrogen-bond donors (Lipinski definition) is 2. The van der Waals surface area contributed by atoms with E-state index in [0.29, 0.717) is 5.56 Å². The Morgan fingerprint density at radius 1 is 1.62 bits per heavy atom. The highest BCUT2D eigenvalue weighted by Crippen LogP contribution is 2.27. The molecule has 0 aliphatic heterocycles. The van der Waals surface area contributed by atoms with Crippen molar-refractivity contribution in [1.29, 1.82) is 0 Å². The van der Waals surface area contributed by atoms with Crippen molar-refractivity contribution in [3.05, 3.63) is 23.0 Å². The van der Waals surface area contributed by atoms with Gasteiger partial charge in [0.2, 0.25) is 0 Å². The first-order valence-electron chi connectivity index (χ1n) is 3.73. The minimum Gasteiger partial charge on any atom is -0.506 e. The Morgan fingerprint density at radius 3 is 2.69 bits per heavy atom. The van der Waals surface area contributed by atoms with Crippen molar-refractivity contribution in [3.63, 3.8) is 0 Å². The number of nitrogens with two attached hydrogens (primary N) is 1. The lowest BCUT2D eigenvalue weighted by atomic mass is 10.1. The molecule has 0 fully saturated rings. The molecule has 0 spiro atoms. The normalized spacial score (nSPS) is 10.8. The molecule has 1 rings (SSSR count). The minimum atomic E-state index is -2.65. The first kappa shape index (κ1) is 9.85. The lowest BCUT2D eigenvalue weighted by molar-refractivity contribution is 0.144. The predicted molar refractivity (Wildman–Crippen MR) is 43.5 cm³/mol. The predicted octanol–water partition coefficient (Wildman–Crippen LogP) is 1.49. The van der Waals surface area contributed by atoms with Crippen LogP contribution < -0.4 is 5.73 Å². The molecule has 0 unspecified atom stereocenters. The van der Waals surface area contributed by atoms with Gasteiger partial charge in [0.15, 0.2) is 0 Å². The number of rotatable bonds is 2. The Balaban J connectivity index is 3.30. The van der Waals surface area contributed by atoms with Gasteiger partial charge in [-0.1, -0.05) is 0 Å². The molecule has 72 valence electrons. The standard InChI is InChI=1S/C8H10F2N2O/c1-4-5(2-11)7(8(9)10)12-3-6(4)13/h3,8,13H,2,11H2,1H3. The maximum Gasteiger partial charge on any atom is 0.280 e. The van der Waals surface area contributed by atoms with Gasteiger partial charge in [-0.2, -0.15) is 0 Å². The molecule has 0 radical (unpaired) electrons. The molecule has 0 aliphatic carbocycles. The summed E-state index contributed by atoms with van der Waals surface area (Å²) in [5.41, 5.74) is 5.51. The van der Waals surface area contributed by atoms with Crippen molar-refractivity contribution in [3.8, 4) is 5.75 Å². The topological polar surface area (TPSA) is 59.1 Å². The zero-order chi connectivity index (χ0) is 10.0. The van der Waals surface area contributed by atoms with Gasteiger partial charge in [-0.25, -0.2) is 8.78 Å². The van der Waals surface area contributed by atoms with Gasteiger partial charge < -0.3 is 10.8 Å². The highest BCUT2D eigenvalue weighted by Gasteiger charge is 2.17. The largest absolute Gasteiger partial charge is 0.506 e. The third-order valence-electron chi connectivity index (χ3n) is 1.88. The Bertz CT molecular complexity index is 315. The summed E-state index contributed by atoms with van der Waals surface area (Å²) >= 11 is 0. The molecule has 0 aliphatic rings. The summed E-state index contributed by atoms with van der Waals surface area (Å²) in [6.45, 7) is 1.48. The number of aromatic nitrogens is 1. The number of pyridine rings is 1. The fourth-order valence-corrected chi connectivity index (χ4v) is 1.10. The van der Waals surface area contributed by atoms with Gasteiger partial charge in [-0.3, -0.25) is 4.98 Å². The third-order valence-corrected chi connectivity index (χ3v) is 1.88. The van der Waals surface area contributed by atoms with Gasteiger partial charge in [0.1, 0.15) is 11.4 Å². The molecule has 0 bridgehead atoms. The second kappa shape index (κ2) is 3.66. The second-order valence-electron chi connectivity index (χ2n) is 2.64. The van der Waals surface area contributed by atoms with Gasteiger partial charge in [0.05, 0.1) is 6.20 Å². The van der Waals surface area contributed by atoms with E-state index in [0.717, 1.165) is 6.20 Å². The molecule has 3 nitrogen and oxygen atoms in total. The van der Waals surface area contributed by atoms with Crippen molar-refractivity contribution in [1.82, 2.24) is 4.98 Å². The van der Waals surface area contributed by atoms with E-state index >= 15 is 0 Å². The zero-order valence-electron chi connectivity index (χ0n) is 7.09. The van der Waals surface area contributed by atoms with E-state index in [1.54, 1.807) is 0 Å². The summed E-state index contributed by atoms with van der Waals surface area (Å²) < 4.78 is 24.7. The molecule has 5 heteroatoms. The van der Waals surface area contributed by atoms with Gasteiger partial charge in [-0.05, 0) is 18.1 Å². The fraction of sp³-hybridized carbons (Fsp3) is 0.375. The first-order valence-corrected chi connectivity index (χ1v) is 3.73. The molecule has 1 heterocycles. The number of aromatic hydroxyl groups is 1. The van der Waals surface area contributed by atoms with Crippen LogP contribution in [0.2, 0.25) is 0 Å². The van der Waals surface area contributed by atoms with Crippen molar-refractivity contribution < 1.29 is 13.9 Å². The summed E-state index contributed by atoms with van der Waals surface area (Å²) in [6, 6.07) is 0. The smallest absolute Gasteiger partial charge is 0.280 e. The molecule has 0 saturated heterocycles. The molecule has 1 aromatic heterocycles. The Labute approximate surface area is 74.2 Å². The van der Waals surface area contributed by atoms with Crippen LogP contribution >= 0.6 is 0 Å². The van der Waals surface area contributed by atoms with Gasteiger partial charge in [0.25, 0.3) is 6.43 Å². The van der Waals surface area contributed by atoms with E-state index in [1.165, 1.54) is 6.92 Å². The third kappa shape index (κ3) is 1.75. The molecule has 3 N–H and O–H groups in total. The first-order chi connectivity index (χ1) is 6.07. The molecular formula is C8H10F2N2O. The highest BCUT2D eigenvalue weighted by molar-refractivity contribution is 5.39. The van der Waals surface area contributed by atoms with E-state index in [1.807, 2.05) is 0 Å². The lowest BCUT2D eigenvalue weighted by Crippen LogP contribution is -2.06. The Morgan fingerprint density at radius 2 is 2.23 bits per heavy atom. The van der Waals surface area contributed by atoms with Gasteiger partial charge in [-0.15, -0.1) is 0 Å². The molecule has 1 aromatic rings. The van der Waals surface area contributed by atoms with E-state index in [2.05, 4.69) is 4.98 Å². The van der Waals surface area contributed by atoms with E-state index in [9.17, 15) is 13.9 Å². The maximum atomic E-state index is 12.3. The number of halogens is 2. The van der Waals surface area contributed by atoms with Crippen LogP contribution in [0.3, 0.4) is 0 Å². The quantitative estimate of drug-likeness (QED) is 0.739. The van der Waals surface area contributed by atoms with Crippen LogP contribution in [-0.2, 0) is 6.54 Å². The minimum absolute atomic E-state index is 0.0487. The van der Waals surface area contributed by atoms with Crippen LogP contribution in [-0.4, -0.2) is 10.1 Å². The Kier molecular flexibility index (Phi) is 2.77. The maximum absolute atomic E-state index is 12.3. The summed E-state index contributed by atoms with van der Waals surface area (Å²) in [6.07, 6.45) is -1.64. The van der Waals surface area contributed by atoms with Crippen molar-refractivity contribution in [2.75, 3.05) is 0 Å². The van der Waals surface area contributed by atoms with Crippen LogP contribution in [0, 0.1) is 6.92 Å². The molecule has 0 amide bonds. The van der Waals surface area contributed by atoms with Crippen LogP contribution in [0.1, 0.15) is 23.2 Å². The molecule has 0 aromatic carbocycles. The Hall–Kier alpha value is -1.23. The van der Waals surface area contributed by atoms with E-state index in [4.69, 9.17) is 5.73 Å². The van der Waals surface area contributed by atoms with Crippen LogP contribution in [0.4, 0.5) is 8.78 Å². The van der Waals surface area contributed by atoms with E-state index in [-0.39, 0.29) is 23.6 Å². The summed E-state index contributed by atoms with van der Waals surface area (Å²) in [7, 11) is 0. The molecular weight excluding hydrogens is 178 g/mol. The SMILES string of the molecule is Cc1c(O)cnc(C(F)F)c1CN. The van der Waals surface area contributed by atoms with Gasteiger partial charge in [0, 0.05) is 6.54 Å². The zero-order valence-corrected chi connectivity index (χ0v) is 7.09. The average molecular weight is 188 g/mol. The summed E-state index contributed by atoms with van der Waals surface area (Å²) in [4.78, 5) is 3.43. The van der Waals surface area contributed by atoms with Crippen molar-refractivity contribution in [2.24, 2.45) is 5.73 Å². The van der Waals surface area contributed by atoms with Crippen LogP contribution in [0.25, 0.3) is 0 Å². The lowest BCUT2D eigenvalue weighted by Gasteiger charge is -2.09. The van der Waals surface area contributed by atoms with E-state index < -0.39 is 6.43 Å².